The van der Waals surface area contributed by atoms with E-state index in [4.69, 9.17) is 4.74 Å². The predicted molar refractivity (Wildman–Crippen MR) is 100 cm³/mol. The lowest BCUT2D eigenvalue weighted by atomic mass is 10.2. The number of hydrogen-bond donors (Lipinski definition) is 1. The molecule has 27 heavy (non-hydrogen) atoms. The Bertz CT molecular complexity index is 776. The third kappa shape index (κ3) is 4.93. The Labute approximate surface area is 158 Å². The maximum Gasteiger partial charge on any atom is 0.409 e. The van der Waals surface area contributed by atoms with Crippen molar-refractivity contribution in [2.24, 2.45) is 0 Å². The number of amides is 2. The second kappa shape index (κ2) is 8.98. The van der Waals surface area contributed by atoms with E-state index in [0.29, 0.717) is 44.9 Å². The van der Waals surface area contributed by atoms with Gasteiger partial charge in [-0.05, 0) is 25.1 Å². The minimum absolute atomic E-state index is 0.0903. The lowest BCUT2D eigenvalue weighted by molar-refractivity contribution is 0.0570. The molecule has 2 amide bonds. The lowest BCUT2D eigenvalue weighted by Crippen LogP contribution is -2.50. The van der Waals surface area contributed by atoms with E-state index in [9.17, 15) is 9.59 Å². The van der Waals surface area contributed by atoms with Crippen LogP contribution in [0.4, 0.5) is 10.5 Å². The van der Waals surface area contributed by atoms with Gasteiger partial charge in [0, 0.05) is 44.8 Å². The number of nitrogens with one attached hydrogen (secondary N) is 1. The second-order valence-corrected chi connectivity index (χ2v) is 6.12. The summed E-state index contributed by atoms with van der Waals surface area (Å²) in [6, 6.07) is 7.51. The number of nitrogens with zero attached hydrogens (tertiary/aromatic N) is 4. The lowest BCUT2D eigenvalue weighted by Gasteiger charge is -2.34. The maximum atomic E-state index is 12.7. The van der Waals surface area contributed by atoms with Crippen LogP contribution in [0.25, 0.3) is 0 Å². The highest BCUT2D eigenvalue weighted by Gasteiger charge is 2.25. The van der Waals surface area contributed by atoms with Crippen molar-refractivity contribution < 1.29 is 14.3 Å². The van der Waals surface area contributed by atoms with Gasteiger partial charge in [-0.25, -0.2) is 4.79 Å². The van der Waals surface area contributed by atoms with Crippen LogP contribution in [0.2, 0.25) is 0 Å². The summed E-state index contributed by atoms with van der Waals surface area (Å²) in [7, 11) is 0. The van der Waals surface area contributed by atoms with Gasteiger partial charge in [-0.3, -0.25) is 14.8 Å². The summed E-state index contributed by atoms with van der Waals surface area (Å²) in [5, 5.41) is 3.23. The van der Waals surface area contributed by atoms with Gasteiger partial charge in [0.1, 0.15) is 0 Å². The van der Waals surface area contributed by atoms with Crippen LogP contribution in [0.15, 0.2) is 42.9 Å². The van der Waals surface area contributed by atoms with Crippen molar-refractivity contribution in [3.05, 3.63) is 54.1 Å². The van der Waals surface area contributed by atoms with Crippen molar-refractivity contribution in [3.63, 3.8) is 0 Å². The van der Waals surface area contributed by atoms with Crippen LogP contribution in [0, 0.1) is 0 Å². The summed E-state index contributed by atoms with van der Waals surface area (Å²) in [5.41, 5.74) is 2.19. The van der Waals surface area contributed by atoms with Crippen molar-refractivity contribution in [2.45, 2.75) is 13.5 Å². The van der Waals surface area contributed by atoms with E-state index >= 15 is 0 Å². The van der Waals surface area contributed by atoms with Gasteiger partial charge in [-0.1, -0.05) is 6.07 Å². The number of carbonyl (C=O) groups is 2. The van der Waals surface area contributed by atoms with Crippen LogP contribution < -0.4 is 5.32 Å². The first kappa shape index (κ1) is 18.6. The van der Waals surface area contributed by atoms with E-state index in [-0.39, 0.29) is 12.0 Å². The molecule has 3 heterocycles. The third-order valence-electron chi connectivity index (χ3n) is 4.28. The summed E-state index contributed by atoms with van der Waals surface area (Å²) in [5.74, 6) is -0.0903. The molecule has 1 aliphatic rings. The highest BCUT2D eigenvalue weighted by Crippen LogP contribution is 2.14. The van der Waals surface area contributed by atoms with Gasteiger partial charge in [0.2, 0.25) is 0 Å². The van der Waals surface area contributed by atoms with Crippen LogP contribution in [0.3, 0.4) is 0 Å². The molecule has 1 aliphatic heterocycles. The predicted octanol–water partition coefficient (Wildman–Crippen LogP) is 2.00. The SMILES string of the molecule is CCOC(=O)N1CCN(C(=O)c2cncc(NCc3ccccn3)c2)CC1. The van der Waals surface area contributed by atoms with Gasteiger partial charge in [-0.2, -0.15) is 0 Å². The molecular formula is C19H23N5O3. The molecular weight excluding hydrogens is 346 g/mol. The Morgan fingerprint density at radius 2 is 1.93 bits per heavy atom. The molecule has 8 nitrogen and oxygen atoms in total. The quantitative estimate of drug-likeness (QED) is 0.867. The van der Waals surface area contributed by atoms with Crippen molar-refractivity contribution >= 4 is 17.7 Å². The molecule has 0 radical (unpaired) electrons. The van der Waals surface area contributed by atoms with E-state index in [1.807, 2.05) is 18.2 Å². The number of aromatic nitrogens is 2. The summed E-state index contributed by atoms with van der Waals surface area (Å²) in [4.78, 5) is 36.3. The van der Waals surface area contributed by atoms with E-state index in [0.717, 1.165) is 11.4 Å². The standard InChI is InChI=1S/C19H23N5O3/c1-2-27-19(26)24-9-7-23(8-10-24)18(25)15-11-17(13-20-12-15)22-14-16-5-3-4-6-21-16/h3-6,11-13,22H,2,7-10,14H2,1H3. The largest absolute Gasteiger partial charge is 0.450 e. The molecule has 0 aliphatic carbocycles. The van der Waals surface area contributed by atoms with Crippen molar-refractivity contribution in [1.82, 2.24) is 19.8 Å². The van der Waals surface area contributed by atoms with Crippen LogP contribution in [-0.4, -0.2) is 64.6 Å². The van der Waals surface area contributed by atoms with Gasteiger partial charge in [-0.15, -0.1) is 0 Å². The van der Waals surface area contributed by atoms with Crippen molar-refractivity contribution in [3.8, 4) is 0 Å². The van der Waals surface area contributed by atoms with Gasteiger partial charge in [0.05, 0.1) is 30.1 Å². The molecule has 2 aromatic rings. The highest BCUT2D eigenvalue weighted by atomic mass is 16.6. The first-order valence-electron chi connectivity index (χ1n) is 8.97. The fourth-order valence-corrected chi connectivity index (χ4v) is 2.84. The third-order valence-corrected chi connectivity index (χ3v) is 4.28. The van der Waals surface area contributed by atoms with Gasteiger partial charge in [0.25, 0.3) is 5.91 Å². The zero-order valence-corrected chi connectivity index (χ0v) is 15.3. The van der Waals surface area contributed by atoms with Crippen molar-refractivity contribution in [2.75, 3.05) is 38.1 Å². The minimum Gasteiger partial charge on any atom is -0.450 e. The Morgan fingerprint density at radius 1 is 1.15 bits per heavy atom. The van der Waals surface area contributed by atoms with Crippen LogP contribution >= 0.6 is 0 Å². The molecule has 1 saturated heterocycles. The molecule has 0 unspecified atom stereocenters. The molecule has 0 spiro atoms. The summed E-state index contributed by atoms with van der Waals surface area (Å²) >= 11 is 0. The second-order valence-electron chi connectivity index (χ2n) is 6.12. The number of ether oxygens (including phenoxy) is 1. The zero-order valence-electron chi connectivity index (χ0n) is 15.3. The Balaban J connectivity index is 1.57. The van der Waals surface area contributed by atoms with E-state index in [1.165, 1.54) is 0 Å². The number of anilines is 1. The number of pyridine rings is 2. The van der Waals surface area contributed by atoms with Crippen LogP contribution in [0.5, 0.6) is 0 Å². The normalized spacial score (nSPS) is 14.0. The molecule has 1 fully saturated rings. The van der Waals surface area contributed by atoms with Crippen LogP contribution in [-0.2, 0) is 11.3 Å². The van der Waals surface area contributed by atoms with Gasteiger partial charge >= 0.3 is 6.09 Å². The van der Waals surface area contributed by atoms with Gasteiger partial charge < -0.3 is 19.9 Å². The number of rotatable bonds is 5. The molecule has 2 aromatic heterocycles. The first-order valence-corrected chi connectivity index (χ1v) is 8.97. The summed E-state index contributed by atoms with van der Waals surface area (Å²) in [6.45, 7) is 4.57. The summed E-state index contributed by atoms with van der Waals surface area (Å²) in [6.07, 6.45) is 4.65. The monoisotopic (exact) mass is 369 g/mol. The Morgan fingerprint density at radius 3 is 2.63 bits per heavy atom. The first-order chi connectivity index (χ1) is 13.2. The van der Waals surface area contributed by atoms with Gasteiger partial charge in [0.15, 0.2) is 0 Å². The summed E-state index contributed by atoms with van der Waals surface area (Å²) < 4.78 is 5.00. The molecule has 1 N–H and O–H groups in total. The highest BCUT2D eigenvalue weighted by molar-refractivity contribution is 5.94. The maximum absolute atomic E-state index is 12.7. The number of hydrogen-bond acceptors (Lipinski definition) is 6. The Hall–Kier alpha value is -3.16. The topological polar surface area (TPSA) is 87.7 Å². The molecule has 142 valence electrons. The van der Waals surface area contributed by atoms with E-state index < -0.39 is 0 Å². The average Bonchev–Trinajstić information content (AvgIpc) is 2.73. The molecule has 0 atom stereocenters. The Kier molecular flexibility index (Phi) is 6.19. The molecule has 8 heteroatoms. The van der Waals surface area contributed by atoms with E-state index in [2.05, 4.69) is 15.3 Å². The molecule has 3 rings (SSSR count). The number of piperazine rings is 1. The van der Waals surface area contributed by atoms with E-state index in [1.54, 1.807) is 41.4 Å². The molecule has 0 aromatic carbocycles. The van der Waals surface area contributed by atoms with Crippen molar-refractivity contribution in [1.29, 1.82) is 0 Å². The smallest absolute Gasteiger partial charge is 0.409 e. The fourth-order valence-electron chi connectivity index (χ4n) is 2.84. The average molecular weight is 369 g/mol. The minimum atomic E-state index is -0.327. The zero-order chi connectivity index (χ0) is 19.1. The number of carbonyl (C=O) groups excluding carboxylic acids is 2. The molecule has 0 saturated carbocycles. The molecule has 0 bridgehead atoms. The van der Waals surface area contributed by atoms with Crippen LogP contribution in [0.1, 0.15) is 23.0 Å². The fraction of sp³-hybridized carbons (Fsp3) is 0.368.